The van der Waals surface area contributed by atoms with E-state index in [0.717, 1.165) is 83.9 Å². The number of benzene rings is 6. The number of nitrogens with one attached hydrogen (secondary N) is 1. The van der Waals surface area contributed by atoms with E-state index in [2.05, 4.69) is 29.1 Å². The lowest BCUT2D eigenvalue weighted by atomic mass is 10.2. The number of ether oxygens (including phenoxy) is 4. The Morgan fingerprint density at radius 1 is 0.458 bits per heavy atom. The van der Waals surface area contributed by atoms with Gasteiger partial charge in [-0.15, -0.1) is 0 Å². The summed E-state index contributed by atoms with van der Waals surface area (Å²) in [5.74, 6) is 1.54. The predicted octanol–water partition coefficient (Wildman–Crippen LogP) is 12.5. The van der Waals surface area contributed by atoms with Gasteiger partial charge in [0.1, 0.15) is 23.0 Å². The van der Waals surface area contributed by atoms with E-state index in [9.17, 15) is 9.59 Å². The molecule has 0 aliphatic heterocycles. The van der Waals surface area contributed by atoms with Crippen LogP contribution >= 0.6 is 0 Å². The Labute approximate surface area is 346 Å². The zero-order chi connectivity index (χ0) is 41.1. The van der Waals surface area contributed by atoms with Gasteiger partial charge in [-0.05, 0) is 170 Å². The van der Waals surface area contributed by atoms with E-state index >= 15 is 0 Å². The number of unbranched alkanes of at least 4 members (excludes halogenated alkanes) is 4. The molecule has 0 radical (unpaired) electrons. The molecule has 9 heteroatoms. The third kappa shape index (κ3) is 13.6. The molecule has 0 amide bonds. The summed E-state index contributed by atoms with van der Waals surface area (Å²) >= 11 is 0. The molecule has 0 aromatic heterocycles. The van der Waals surface area contributed by atoms with Crippen molar-refractivity contribution in [3.8, 4) is 23.0 Å². The second-order valence-electron chi connectivity index (χ2n) is 13.8. The fourth-order valence-corrected chi connectivity index (χ4v) is 5.76. The van der Waals surface area contributed by atoms with Crippen LogP contribution in [0.15, 0.2) is 156 Å². The second-order valence-corrected chi connectivity index (χ2v) is 13.8. The number of nitrogens with zero attached hydrogens (tertiary/aromatic N) is 2. The normalized spacial score (nSPS) is 11.1. The molecule has 0 aliphatic rings. The van der Waals surface area contributed by atoms with E-state index in [0.29, 0.717) is 35.8 Å². The molecule has 9 nitrogen and oxygen atoms in total. The number of hydrogen-bond acceptors (Lipinski definition) is 9. The molecule has 0 aliphatic carbocycles. The Kier molecular flexibility index (Phi) is 15.6. The summed E-state index contributed by atoms with van der Waals surface area (Å²) in [4.78, 5) is 34.4. The Balaban J connectivity index is 0.920. The summed E-state index contributed by atoms with van der Waals surface area (Å²) in [5.41, 5.74) is 6.11. The van der Waals surface area contributed by atoms with E-state index in [1.54, 1.807) is 85.2 Å². The van der Waals surface area contributed by atoms with Gasteiger partial charge in [-0.25, -0.2) is 9.59 Å². The third-order valence-electron chi connectivity index (χ3n) is 9.14. The van der Waals surface area contributed by atoms with Gasteiger partial charge >= 0.3 is 11.9 Å². The average molecular weight is 788 g/mol. The van der Waals surface area contributed by atoms with Gasteiger partial charge in [-0.3, -0.25) is 9.98 Å². The summed E-state index contributed by atoms with van der Waals surface area (Å²) in [5, 5.41) is 3.40. The smallest absolute Gasteiger partial charge is 0.343 e. The lowest BCUT2D eigenvalue weighted by Gasteiger charge is -2.08. The number of carbonyl (C=O) groups excluding carboxylic acids is 2. The van der Waals surface area contributed by atoms with Crippen LogP contribution in [0, 0.1) is 0 Å². The van der Waals surface area contributed by atoms with Crippen molar-refractivity contribution in [1.82, 2.24) is 0 Å². The molecule has 0 atom stereocenters. The molecular weight excluding hydrogens is 739 g/mol. The van der Waals surface area contributed by atoms with E-state index in [4.69, 9.17) is 18.9 Å². The summed E-state index contributed by atoms with van der Waals surface area (Å²) in [6.45, 7) is 5.64. The molecule has 0 heterocycles. The molecule has 0 saturated heterocycles. The first kappa shape index (κ1) is 41.6. The highest BCUT2D eigenvalue weighted by atomic mass is 16.5. The Bertz CT molecular complexity index is 2100. The maximum absolute atomic E-state index is 12.6. The zero-order valence-corrected chi connectivity index (χ0v) is 33.5. The minimum absolute atomic E-state index is 0.426. The van der Waals surface area contributed by atoms with E-state index in [-0.39, 0.29) is 0 Å². The van der Waals surface area contributed by atoms with Crippen LogP contribution in [0.4, 0.5) is 22.7 Å². The van der Waals surface area contributed by atoms with Gasteiger partial charge in [0.15, 0.2) is 0 Å². The van der Waals surface area contributed by atoms with Crippen LogP contribution in [0.3, 0.4) is 0 Å². The van der Waals surface area contributed by atoms with Crippen molar-refractivity contribution < 1.29 is 28.5 Å². The van der Waals surface area contributed by atoms with Crippen LogP contribution in [0.1, 0.15) is 84.2 Å². The molecule has 59 heavy (non-hydrogen) atoms. The minimum atomic E-state index is -0.426. The Morgan fingerprint density at radius 2 is 0.814 bits per heavy atom. The number of aliphatic imine (C=N–C) groups is 2. The van der Waals surface area contributed by atoms with Crippen molar-refractivity contribution in [2.24, 2.45) is 9.98 Å². The summed E-state index contributed by atoms with van der Waals surface area (Å²) in [6.07, 6.45) is 10.1. The highest BCUT2D eigenvalue weighted by Gasteiger charge is 2.10. The number of hydrogen-bond donors (Lipinski definition) is 1. The fraction of sp³-hybridized carbons (Fsp3) is 0.200. The zero-order valence-electron chi connectivity index (χ0n) is 33.5. The van der Waals surface area contributed by atoms with Crippen LogP contribution in [-0.4, -0.2) is 37.6 Å². The van der Waals surface area contributed by atoms with Crippen LogP contribution < -0.4 is 24.3 Å². The minimum Gasteiger partial charge on any atom is -0.494 e. The fourth-order valence-electron chi connectivity index (χ4n) is 5.76. The summed E-state index contributed by atoms with van der Waals surface area (Å²) in [7, 11) is 0. The molecule has 0 fully saturated rings. The van der Waals surface area contributed by atoms with E-state index in [1.807, 2.05) is 72.8 Å². The third-order valence-corrected chi connectivity index (χ3v) is 9.14. The van der Waals surface area contributed by atoms with Crippen molar-refractivity contribution in [3.05, 3.63) is 168 Å². The molecule has 0 spiro atoms. The first-order valence-electron chi connectivity index (χ1n) is 20.1. The topological polar surface area (TPSA) is 108 Å². The molecule has 0 bridgehead atoms. The molecule has 300 valence electrons. The van der Waals surface area contributed by atoms with E-state index in [1.165, 1.54) is 0 Å². The molecule has 0 saturated carbocycles. The summed E-state index contributed by atoms with van der Waals surface area (Å²) < 4.78 is 22.6. The first-order chi connectivity index (χ1) is 28.9. The van der Waals surface area contributed by atoms with Gasteiger partial charge < -0.3 is 24.3 Å². The Morgan fingerprint density at radius 3 is 1.17 bits per heavy atom. The number of rotatable bonds is 20. The molecule has 6 rings (SSSR count). The maximum atomic E-state index is 12.6. The van der Waals surface area contributed by atoms with Crippen LogP contribution in [0.25, 0.3) is 0 Å². The van der Waals surface area contributed by atoms with Gasteiger partial charge in [0.05, 0.1) is 35.7 Å². The van der Waals surface area contributed by atoms with Crippen molar-refractivity contribution in [2.45, 2.75) is 52.4 Å². The highest BCUT2D eigenvalue weighted by molar-refractivity contribution is 5.92. The Hall–Kier alpha value is -7.00. The summed E-state index contributed by atoms with van der Waals surface area (Å²) in [6, 6.07) is 44.0. The molecule has 0 unspecified atom stereocenters. The molecule has 1 N–H and O–H groups in total. The second kappa shape index (κ2) is 22.1. The molecular formula is C50H49N3O6. The van der Waals surface area contributed by atoms with Gasteiger partial charge in [0, 0.05) is 23.8 Å². The van der Waals surface area contributed by atoms with Gasteiger partial charge in [-0.1, -0.05) is 39.5 Å². The number of esters is 2. The SMILES string of the molecule is CCCCCOc1ccc(C(=O)Oc2ccc(C=Nc3ccc(Nc4ccc(N=Cc5ccc(OC(=O)c6ccc(OCCCCC)cc6)cc5)cc4)cc3)cc2)cc1. The van der Waals surface area contributed by atoms with E-state index < -0.39 is 11.9 Å². The van der Waals surface area contributed by atoms with Crippen LogP contribution in [0.2, 0.25) is 0 Å². The van der Waals surface area contributed by atoms with Crippen molar-refractivity contribution in [3.63, 3.8) is 0 Å². The highest BCUT2D eigenvalue weighted by Crippen LogP contribution is 2.24. The first-order valence-corrected chi connectivity index (χ1v) is 20.1. The van der Waals surface area contributed by atoms with Gasteiger partial charge in [0.25, 0.3) is 0 Å². The number of carbonyl (C=O) groups is 2. The van der Waals surface area contributed by atoms with Crippen molar-refractivity contribution >= 4 is 47.1 Å². The van der Waals surface area contributed by atoms with Crippen molar-refractivity contribution in [2.75, 3.05) is 18.5 Å². The maximum Gasteiger partial charge on any atom is 0.343 e. The lowest BCUT2D eigenvalue weighted by Crippen LogP contribution is -2.08. The largest absolute Gasteiger partial charge is 0.494 e. The predicted molar refractivity (Wildman–Crippen MR) is 236 cm³/mol. The van der Waals surface area contributed by atoms with Gasteiger partial charge in [0.2, 0.25) is 0 Å². The standard InChI is InChI=1S/C50H49N3O6/c1-3-5-7-33-56-45-29-13-39(14-30-45)49(54)58-47-25-9-37(10-26-47)35-51-41-17-21-43(22-18-41)53-44-23-19-42(20-24-44)52-36-38-11-27-48(28-12-38)59-50(55)40-15-31-46(32-16-40)57-34-8-6-4-2/h9-32,35-36,53H,3-8,33-34H2,1-2H3. The van der Waals surface area contributed by atoms with Crippen molar-refractivity contribution in [1.29, 1.82) is 0 Å². The average Bonchev–Trinajstić information content (AvgIpc) is 3.27. The lowest BCUT2D eigenvalue weighted by molar-refractivity contribution is 0.0725. The quantitative estimate of drug-likeness (QED) is 0.0355. The van der Waals surface area contributed by atoms with Crippen LogP contribution in [0.5, 0.6) is 23.0 Å². The number of anilines is 2. The van der Waals surface area contributed by atoms with Gasteiger partial charge in [-0.2, -0.15) is 0 Å². The monoisotopic (exact) mass is 787 g/mol. The molecule has 6 aromatic rings. The molecule has 6 aromatic carbocycles. The van der Waals surface area contributed by atoms with Crippen LogP contribution in [-0.2, 0) is 0 Å².